The Morgan fingerprint density at radius 3 is 2.46 bits per heavy atom. The molecule has 0 aromatic heterocycles. The lowest BCUT2D eigenvalue weighted by Crippen LogP contribution is -2.23. The highest BCUT2D eigenvalue weighted by molar-refractivity contribution is 7.92. The van der Waals surface area contributed by atoms with E-state index in [1.54, 1.807) is 31.2 Å². The van der Waals surface area contributed by atoms with Gasteiger partial charge in [-0.2, -0.15) is 0 Å². The van der Waals surface area contributed by atoms with Crippen molar-refractivity contribution < 1.29 is 13.2 Å². The summed E-state index contributed by atoms with van der Waals surface area (Å²) in [6.45, 7) is 5.62. The van der Waals surface area contributed by atoms with E-state index in [4.69, 9.17) is 11.6 Å². The number of amides is 1. The van der Waals surface area contributed by atoms with Crippen LogP contribution in [0.2, 0.25) is 5.02 Å². The molecule has 0 aliphatic rings. The smallest absolute Gasteiger partial charge is 0.261 e. The van der Waals surface area contributed by atoms with E-state index < -0.39 is 10.0 Å². The molecule has 2 N–H and O–H groups in total. The minimum atomic E-state index is -3.75. The SMILES string of the molecule is C=CCNC(=O)c1ccc(S(=O)(=O)Nc2ccc(Cl)cc2C)cc1. The Balaban J connectivity index is 2.20. The molecule has 0 atom stereocenters. The van der Waals surface area contributed by atoms with Gasteiger partial charge in [-0.3, -0.25) is 9.52 Å². The molecule has 0 bridgehead atoms. The van der Waals surface area contributed by atoms with Crippen molar-refractivity contribution in [2.75, 3.05) is 11.3 Å². The topological polar surface area (TPSA) is 75.3 Å². The predicted molar refractivity (Wildman–Crippen MR) is 96.0 cm³/mol. The molecule has 5 nitrogen and oxygen atoms in total. The molecule has 126 valence electrons. The van der Waals surface area contributed by atoms with Gasteiger partial charge in [-0.1, -0.05) is 17.7 Å². The van der Waals surface area contributed by atoms with Crippen LogP contribution in [-0.2, 0) is 10.0 Å². The van der Waals surface area contributed by atoms with Crippen molar-refractivity contribution in [3.05, 3.63) is 71.3 Å². The van der Waals surface area contributed by atoms with Gasteiger partial charge in [0.2, 0.25) is 0 Å². The molecule has 0 aliphatic heterocycles. The van der Waals surface area contributed by atoms with Gasteiger partial charge in [0.1, 0.15) is 0 Å². The molecule has 24 heavy (non-hydrogen) atoms. The number of anilines is 1. The van der Waals surface area contributed by atoms with Crippen LogP contribution in [0.25, 0.3) is 0 Å². The zero-order valence-corrected chi connectivity index (χ0v) is 14.6. The minimum Gasteiger partial charge on any atom is -0.349 e. The van der Waals surface area contributed by atoms with Crippen LogP contribution in [0.5, 0.6) is 0 Å². The first-order valence-corrected chi connectivity index (χ1v) is 8.98. The number of carbonyl (C=O) groups excluding carboxylic acids is 1. The fourth-order valence-electron chi connectivity index (χ4n) is 2.00. The number of sulfonamides is 1. The summed E-state index contributed by atoms with van der Waals surface area (Å²) in [5.74, 6) is -0.291. The Kier molecular flexibility index (Phi) is 5.64. The van der Waals surface area contributed by atoms with Crippen molar-refractivity contribution >= 4 is 33.2 Å². The van der Waals surface area contributed by atoms with Crippen LogP contribution in [0.15, 0.2) is 60.0 Å². The summed E-state index contributed by atoms with van der Waals surface area (Å²) in [6.07, 6.45) is 1.56. The van der Waals surface area contributed by atoms with Crippen LogP contribution in [0.3, 0.4) is 0 Å². The molecule has 0 spiro atoms. The quantitative estimate of drug-likeness (QED) is 0.772. The summed E-state index contributed by atoms with van der Waals surface area (Å²) in [6, 6.07) is 10.6. The molecule has 0 radical (unpaired) electrons. The van der Waals surface area contributed by atoms with E-state index in [-0.39, 0.29) is 10.8 Å². The normalized spacial score (nSPS) is 10.9. The van der Waals surface area contributed by atoms with Crippen molar-refractivity contribution in [1.82, 2.24) is 5.32 Å². The average Bonchev–Trinajstić information content (AvgIpc) is 2.55. The van der Waals surface area contributed by atoms with Gasteiger partial charge in [-0.15, -0.1) is 6.58 Å². The molecular weight excluding hydrogens is 348 g/mol. The Labute approximate surface area is 146 Å². The highest BCUT2D eigenvalue weighted by atomic mass is 35.5. The van der Waals surface area contributed by atoms with Gasteiger partial charge in [0.25, 0.3) is 15.9 Å². The summed E-state index contributed by atoms with van der Waals surface area (Å²) in [5, 5.41) is 3.16. The predicted octanol–water partition coefficient (Wildman–Crippen LogP) is 3.37. The fraction of sp³-hybridized carbons (Fsp3) is 0.118. The van der Waals surface area contributed by atoms with Crippen LogP contribution in [0, 0.1) is 6.92 Å². The highest BCUT2D eigenvalue weighted by Gasteiger charge is 2.16. The van der Waals surface area contributed by atoms with E-state index >= 15 is 0 Å². The number of hydrogen-bond donors (Lipinski definition) is 2. The third kappa shape index (κ3) is 4.37. The van der Waals surface area contributed by atoms with Crippen molar-refractivity contribution in [3.63, 3.8) is 0 Å². The van der Waals surface area contributed by atoms with Crippen LogP contribution in [0.1, 0.15) is 15.9 Å². The van der Waals surface area contributed by atoms with Gasteiger partial charge >= 0.3 is 0 Å². The maximum absolute atomic E-state index is 12.4. The zero-order chi connectivity index (χ0) is 17.7. The number of aryl methyl sites for hydroxylation is 1. The Morgan fingerprint density at radius 2 is 1.88 bits per heavy atom. The molecule has 0 fully saturated rings. The molecule has 0 saturated heterocycles. The summed E-state index contributed by atoms with van der Waals surface area (Å²) in [7, 11) is -3.75. The van der Waals surface area contributed by atoms with Crippen molar-refractivity contribution in [1.29, 1.82) is 0 Å². The lowest BCUT2D eigenvalue weighted by molar-refractivity contribution is 0.0958. The van der Waals surface area contributed by atoms with E-state index in [1.807, 2.05) is 0 Å². The van der Waals surface area contributed by atoms with Gasteiger partial charge < -0.3 is 5.32 Å². The fourth-order valence-corrected chi connectivity index (χ4v) is 3.36. The van der Waals surface area contributed by atoms with E-state index in [0.717, 1.165) is 0 Å². The standard InChI is InChI=1S/C17H17ClN2O3S/c1-3-10-19-17(21)13-4-7-15(8-5-13)24(22,23)20-16-9-6-14(18)11-12(16)2/h3-9,11,20H,1,10H2,2H3,(H,19,21). The van der Waals surface area contributed by atoms with Crippen molar-refractivity contribution in [2.24, 2.45) is 0 Å². The van der Waals surface area contributed by atoms with Gasteiger partial charge in [-0.05, 0) is 55.0 Å². The molecule has 2 aromatic carbocycles. The Hall–Kier alpha value is -2.31. The third-order valence-electron chi connectivity index (χ3n) is 3.27. The first kappa shape index (κ1) is 18.0. The number of halogens is 1. The Bertz CT molecular complexity index is 862. The maximum Gasteiger partial charge on any atom is 0.261 e. The number of benzene rings is 2. The third-order valence-corrected chi connectivity index (χ3v) is 4.88. The second-order valence-electron chi connectivity index (χ2n) is 5.09. The minimum absolute atomic E-state index is 0.0668. The number of hydrogen-bond acceptors (Lipinski definition) is 3. The number of carbonyl (C=O) groups is 1. The monoisotopic (exact) mass is 364 g/mol. The van der Waals surface area contributed by atoms with Gasteiger partial charge in [0.05, 0.1) is 10.6 Å². The molecule has 1 amide bonds. The van der Waals surface area contributed by atoms with Crippen LogP contribution in [-0.4, -0.2) is 20.9 Å². The van der Waals surface area contributed by atoms with Gasteiger partial charge in [-0.25, -0.2) is 8.42 Å². The lowest BCUT2D eigenvalue weighted by atomic mass is 10.2. The van der Waals surface area contributed by atoms with Crippen LogP contribution < -0.4 is 10.0 Å². The molecule has 2 rings (SSSR count). The zero-order valence-electron chi connectivity index (χ0n) is 13.0. The van der Waals surface area contributed by atoms with E-state index in [1.165, 1.54) is 24.3 Å². The van der Waals surface area contributed by atoms with Crippen molar-refractivity contribution in [2.45, 2.75) is 11.8 Å². The largest absolute Gasteiger partial charge is 0.349 e. The molecule has 0 aliphatic carbocycles. The van der Waals surface area contributed by atoms with E-state index in [0.29, 0.717) is 28.4 Å². The summed E-state index contributed by atoms with van der Waals surface area (Å²) in [5.41, 5.74) is 1.54. The molecule has 7 heteroatoms. The highest BCUT2D eigenvalue weighted by Crippen LogP contribution is 2.23. The molecule has 2 aromatic rings. The lowest BCUT2D eigenvalue weighted by Gasteiger charge is -2.11. The second-order valence-corrected chi connectivity index (χ2v) is 7.21. The Morgan fingerprint density at radius 1 is 1.21 bits per heavy atom. The average molecular weight is 365 g/mol. The van der Waals surface area contributed by atoms with Crippen LogP contribution in [0.4, 0.5) is 5.69 Å². The summed E-state index contributed by atoms with van der Waals surface area (Å²) < 4.78 is 27.4. The summed E-state index contributed by atoms with van der Waals surface area (Å²) in [4.78, 5) is 11.9. The van der Waals surface area contributed by atoms with E-state index in [2.05, 4.69) is 16.6 Å². The van der Waals surface area contributed by atoms with Crippen LogP contribution >= 0.6 is 11.6 Å². The number of rotatable bonds is 6. The molecule has 0 unspecified atom stereocenters. The van der Waals surface area contributed by atoms with Gasteiger partial charge in [0.15, 0.2) is 0 Å². The molecule has 0 heterocycles. The molecular formula is C17H17ClN2O3S. The summed E-state index contributed by atoms with van der Waals surface area (Å²) >= 11 is 5.87. The first-order valence-electron chi connectivity index (χ1n) is 7.11. The second kappa shape index (κ2) is 7.51. The van der Waals surface area contributed by atoms with E-state index in [9.17, 15) is 13.2 Å². The first-order chi connectivity index (χ1) is 11.3. The maximum atomic E-state index is 12.4. The number of nitrogens with one attached hydrogen (secondary N) is 2. The van der Waals surface area contributed by atoms with Crippen molar-refractivity contribution in [3.8, 4) is 0 Å². The molecule has 0 saturated carbocycles. The van der Waals surface area contributed by atoms with Gasteiger partial charge in [0, 0.05) is 17.1 Å².